The van der Waals surface area contributed by atoms with Gasteiger partial charge in [-0.15, -0.1) is 0 Å². The molecule has 2 aromatic heterocycles. The third-order valence-corrected chi connectivity index (χ3v) is 7.74. The average molecular weight is 556 g/mol. The van der Waals surface area contributed by atoms with Crippen molar-refractivity contribution in [3.63, 3.8) is 0 Å². The van der Waals surface area contributed by atoms with Gasteiger partial charge in [-0.1, -0.05) is 37.3 Å². The van der Waals surface area contributed by atoms with Crippen LogP contribution in [0.25, 0.3) is 22.4 Å². The Morgan fingerprint density at radius 3 is 2.49 bits per heavy atom. The first-order valence-electron chi connectivity index (χ1n) is 14.6. The molecule has 1 amide bonds. The standard InChI is InChI=1S/C31H37N7O3/c1-2-14-32-31(39)41-26-10-8-24(9-11-26)28-34-29(37-17-19-40-20-18-37)27-21-33-38(30(27)35-28)25-12-15-36(16-13-25)22-23-6-4-3-5-7-23/h3-11,21,25H,2,12-20,22H2,1H3,(H,32,39). The van der Waals surface area contributed by atoms with E-state index < -0.39 is 6.09 Å². The molecule has 0 spiro atoms. The molecule has 10 heteroatoms. The minimum absolute atomic E-state index is 0.275. The zero-order valence-electron chi connectivity index (χ0n) is 23.5. The Morgan fingerprint density at radius 1 is 1.00 bits per heavy atom. The van der Waals surface area contributed by atoms with Crippen molar-refractivity contribution in [2.24, 2.45) is 0 Å². The Labute approximate surface area is 240 Å². The van der Waals surface area contributed by atoms with E-state index in [1.807, 2.05) is 25.3 Å². The maximum absolute atomic E-state index is 12.0. The summed E-state index contributed by atoms with van der Waals surface area (Å²) in [6.45, 7) is 8.46. The molecule has 2 aromatic carbocycles. The highest BCUT2D eigenvalue weighted by molar-refractivity contribution is 5.89. The number of nitrogens with zero attached hydrogens (tertiary/aromatic N) is 6. The van der Waals surface area contributed by atoms with Crippen LogP contribution in [0.2, 0.25) is 0 Å². The molecule has 6 rings (SSSR count). The second-order valence-corrected chi connectivity index (χ2v) is 10.6. The normalized spacial score (nSPS) is 16.7. The summed E-state index contributed by atoms with van der Waals surface area (Å²) in [6, 6.07) is 18.3. The first kappa shape index (κ1) is 27.2. The number of piperidine rings is 1. The van der Waals surface area contributed by atoms with Crippen molar-refractivity contribution in [1.82, 2.24) is 30.0 Å². The number of morpholine rings is 1. The fourth-order valence-electron chi connectivity index (χ4n) is 5.53. The van der Waals surface area contributed by atoms with Crippen LogP contribution in [0.5, 0.6) is 5.75 Å². The van der Waals surface area contributed by atoms with Gasteiger partial charge in [0.15, 0.2) is 11.5 Å². The van der Waals surface area contributed by atoms with E-state index in [1.54, 1.807) is 12.1 Å². The SMILES string of the molecule is CCCNC(=O)Oc1ccc(-c2nc(N3CCOCC3)c3cnn(C4CCN(Cc5ccccc5)CC4)c3n2)cc1. The summed E-state index contributed by atoms with van der Waals surface area (Å²) in [6.07, 6.45) is 4.35. The molecule has 2 saturated heterocycles. The lowest BCUT2D eigenvalue weighted by Gasteiger charge is -2.32. The maximum Gasteiger partial charge on any atom is 0.412 e. The van der Waals surface area contributed by atoms with Gasteiger partial charge in [-0.2, -0.15) is 5.10 Å². The molecule has 1 N–H and O–H groups in total. The topological polar surface area (TPSA) is 97.6 Å². The smallest absolute Gasteiger partial charge is 0.410 e. The molecule has 4 heterocycles. The summed E-state index contributed by atoms with van der Waals surface area (Å²) in [7, 11) is 0. The molecular formula is C31H37N7O3. The van der Waals surface area contributed by atoms with Crippen LogP contribution in [-0.4, -0.2) is 76.7 Å². The predicted molar refractivity (Wildman–Crippen MR) is 158 cm³/mol. The number of ether oxygens (including phenoxy) is 2. The quantitative estimate of drug-likeness (QED) is 0.335. The fourth-order valence-corrected chi connectivity index (χ4v) is 5.53. The maximum atomic E-state index is 12.0. The van der Waals surface area contributed by atoms with Gasteiger partial charge in [0.1, 0.15) is 11.6 Å². The summed E-state index contributed by atoms with van der Waals surface area (Å²) in [5, 5.41) is 8.56. The van der Waals surface area contributed by atoms with Crippen molar-refractivity contribution >= 4 is 22.9 Å². The van der Waals surface area contributed by atoms with Crippen molar-refractivity contribution in [2.45, 2.75) is 38.8 Å². The zero-order valence-corrected chi connectivity index (χ0v) is 23.5. The summed E-state index contributed by atoms with van der Waals surface area (Å²) in [5.41, 5.74) is 3.06. The molecule has 0 unspecified atom stereocenters. The number of nitrogens with one attached hydrogen (secondary N) is 1. The molecule has 0 radical (unpaired) electrons. The van der Waals surface area contributed by atoms with E-state index in [1.165, 1.54) is 5.56 Å². The van der Waals surface area contributed by atoms with Crippen LogP contribution in [-0.2, 0) is 11.3 Å². The number of anilines is 1. The third-order valence-electron chi connectivity index (χ3n) is 7.74. The van der Waals surface area contributed by atoms with Crippen LogP contribution in [0.15, 0.2) is 60.8 Å². The summed E-state index contributed by atoms with van der Waals surface area (Å²) < 4.78 is 13.1. The molecule has 214 valence electrons. The van der Waals surface area contributed by atoms with Crippen LogP contribution in [0.1, 0.15) is 37.8 Å². The molecule has 10 nitrogen and oxygen atoms in total. The van der Waals surface area contributed by atoms with Crippen LogP contribution in [0.4, 0.5) is 10.6 Å². The van der Waals surface area contributed by atoms with E-state index in [2.05, 4.69) is 50.1 Å². The lowest BCUT2D eigenvalue weighted by atomic mass is 10.0. The van der Waals surface area contributed by atoms with Gasteiger partial charge in [0.25, 0.3) is 0 Å². The third kappa shape index (κ3) is 6.34. The van der Waals surface area contributed by atoms with Gasteiger partial charge in [0, 0.05) is 44.8 Å². The predicted octanol–water partition coefficient (Wildman–Crippen LogP) is 4.67. The summed E-state index contributed by atoms with van der Waals surface area (Å²) in [5.74, 6) is 1.99. The van der Waals surface area contributed by atoms with Crippen molar-refractivity contribution in [2.75, 3.05) is 50.8 Å². The first-order chi connectivity index (χ1) is 20.2. The van der Waals surface area contributed by atoms with Gasteiger partial charge in [-0.3, -0.25) is 4.90 Å². The number of likely N-dealkylation sites (tertiary alicyclic amines) is 1. The molecule has 0 bridgehead atoms. The molecule has 4 aromatic rings. The second-order valence-electron chi connectivity index (χ2n) is 10.6. The van der Waals surface area contributed by atoms with E-state index in [-0.39, 0.29) is 6.04 Å². The number of carbonyl (C=O) groups excluding carboxylic acids is 1. The van der Waals surface area contributed by atoms with Crippen LogP contribution < -0.4 is 15.0 Å². The van der Waals surface area contributed by atoms with Gasteiger partial charge in [0.2, 0.25) is 0 Å². The minimum Gasteiger partial charge on any atom is -0.410 e. The Balaban J connectivity index is 1.26. The van der Waals surface area contributed by atoms with Crippen molar-refractivity contribution in [3.05, 3.63) is 66.4 Å². The number of benzene rings is 2. The van der Waals surface area contributed by atoms with E-state index in [9.17, 15) is 4.79 Å². The van der Waals surface area contributed by atoms with Crippen LogP contribution in [0.3, 0.4) is 0 Å². The van der Waals surface area contributed by atoms with Gasteiger partial charge in [0.05, 0.1) is 30.8 Å². The minimum atomic E-state index is -0.453. The monoisotopic (exact) mass is 555 g/mol. The van der Waals surface area contributed by atoms with Crippen molar-refractivity contribution < 1.29 is 14.3 Å². The molecular weight excluding hydrogens is 518 g/mol. The molecule has 2 aliphatic rings. The Bertz CT molecular complexity index is 1440. The zero-order chi connectivity index (χ0) is 28.0. The second kappa shape index (κ2) is 12.7. The summed E-state index contributed by atoms with van der Waals surface area (Å²) in [4.78, 5) is 26.8. The largest absolute Gasteiger partial charge is 0.412 e. The molecule has 0 saturated carbocycles. The van der Waals surface area contributed by atoms with Crippen molar-refractivity contribution in [1.29, 1.82) is 0 Å². The fraction of sp³-hybridized carbons (Fsp3) is 0.419. The van der Waals surface area contributed by atoms with Crippen LogP contribution >= 0.6 is 0 Å². The van der Waals surface area contributed by atoms with Gasteiger partial charge in [-0.25, -0.2) is 19.4 Å². The first-order valence-corrected chi connectivity index (χ1v) is 14.6. The van der Waals surface area contributed by atoms with E-state index in [0.29, 0.717) is 31.3 Å². The molecule has 2 aliphatic heterocycles. The van der Waals surface area contributed by atoms with E-state index in [0.717, 1.165) is 74.4 Å². The van der Waals surface area contributed by atoms with Gasteiger partial charge in [-0.05, 0) is 49.1 Å². The number of hydrogen-bond donors (Lipinski definition) is 1. The lowest BCUT2D eigenvalue weighted by Crippen LogP contribution is -2.37. The van der Waals surface area contributed by atoms with Crippen LogP contribution in [0, 0.1) is 0 Å². The van der Waals surface area contributed by atoms with E-state index >= 15 is 0 Å². The summed E-state index contributed by atoms with van der Waals surface area (Å²) >= 11 is 0. The molecule has 0 atom stereocenters. The molecule has 41 heavy (non-hydrogen) atoms. The number of hydrogen-bond acceptors (Lipinski definition) is 8. The number of amides is 1. The highest BCUT2D eigenvalue weighted by Gasteiger charge is 2.26. The number of rotatable bonds is 8. The molecule has 2 fully saturated rings. The average Bonchev–Trinajstić information content (AvgIpc) is 3.45. The Morgan fingerprint density at radius 2 is 1.76 bits per heavy atom. The van der Waals surface area contributed by atoms with Gasteiger partial charge >= 0.3 is 6.09 Å². The van der Waals surface area contributed by atoms with Gasteiger partial charge < -0.3 is 19.7 Å². The molecule has 0 aliphatic carbocycles. The highest BCUT2D eigenvalue weighted by Crippen LogP contribution is 2.32. The Hall–Kier alpha value is -4.02. The Kier molecular flexibility index (Phi) is 8.39. The lowest BCUT2D eigenvalue weighted by molar-refractivity contribution is 0.122. The van der Waals surface area contributed by atoms with Crippen molar-refractivity contribution in [3.8, 4) is 17.1 Å². The van der Waals surface area contributed by atoms with E-state index in [4.69, 9.17) is 24.5 Å². The highest BCUT2D eigenvalue weighted by atomic mass is 16.6. The number of fused-ring (bicyclic) bond motifs is 1. The number of carbonyl (C=O) groups is 1. The number of aromatic nitrogens is 4.